The third kappa shape index (κ3) is 3.70. The first-order valence-corrected chi connectivity index (χ1v) is 6.64. The molecule has 0 aliphatic rings. The van der Waals surface area contributed by atoms with E-state index >= 15 is 0 Å². The Labute approximate surface area is 122 Å². The van der Waals surface area contributed by atoms with Gasteiger partial charge in [-0.3, -0.25) is 10.6 Å². The molecule has 0 radical (unpaired) electrons. The summed E-state index contributed by atoms with van der Waals surface area (Å²) in [6.07, 6.45) is -2.96. The molecule has 5 nitrogen and oxygen atoms in total. The van der Waals surface area contributed by atoms with Gasteiger partial charge in [0.05, 0.1) is 23.4 Å². The standard InChI is InChI=1S/C12H11F3N4OS/c13-12(14,15)7-1-2-9(19-16)8(5-7)11(20)18-6-10-17-3-4-21-10/h1-5,19H,6,16H2,(H,18,20). The first-order chi connectivity index (χ1) is 9.91. The molecule has 21 heavy (non-hydrogen) atoms. The second kappa shape index (κ2) is 6.10. The summed E-state index contributed by atoms with van der Waals surface area (Å²) in [6.45, 7) is 0.136. The molecule has 0 aliphatic heterocycles. The molecular weight excluding hydrogens is 305 g/mol. The number of hydrogen-bond donors (Lipinski definition) is 3. The Kier molecular flexibility index (Phi) is 4.43. The maximum atomic E-state index is 12.7. The van der Waals surface area contributed by atoms with Gasteiger partial charge < -0.3 is 10.7 Å². The average Bonchev–Trinajstić information content (AvgIpc) is 2.96. The normalized spacial score (nSPS) is 11.2. The van der Waals surface area contributed by atoms with Gasteiger partial charge >= 0.3 is 6.18 Å². The summed E-state index contributed by atoms with van der Waals surface area (Å²) in [5.74, 6) is 4.55. The van der Waals surface area contributed by atoms with E-state index in [1.54, 1.807) is 11.6 Å². The molecule has 0 spiro atoms. The lowest BCUT2D eigenvalue weighted by Gasteiger charge is -2.13. The minimum absolute atomic E-state index is 0.111. The van der Waals surface area contributed by atoms with Crippen molar-refractivity contribution in [1.29, 1.82) is 0 Å². The highest BCUT2D eigenvalue weighted by atomic mass is 32.1. The number of nitrogens with one attached hydrogen (secondary N) is 2. The van der Waals surface area contributed by atoms with Gasteiger partial charge in [-0.25, -0.2) is 4.98 Å². The van der Waals surface area contributed by atoms with Gasteiger partial charge in [0, 0.05) is 11.6 Å². The van der Waals surface area contributed by atoms with Crippen LogP contribution in [0.5, 0.6) is 0 Å². The number of nitrogens with zero attached hydrogens (tertiary/aromatic N) is 1. The zero-order chi connectivity index (χ0) is 15.5. The molecule has 4 N–H and O–H groups in total. The van der Waals surface area contributed by atoms with Crippen LogP contribution < -0.4 is 16.6 Å². The number of benzene rings is 1. The van der Waals surface area contributed by atoms with Gasteiger partial charge in [0.15, 0.2) is 0 Å². The predicted octanol–water partition coefficient (Wildman–Crippen LogP) is 2.38. The zero-order valence-electron chi connectivity index (χ0n) is 10.6. The van der Waals surface area contributed by atoms with E-state index in [2.05, 4.69) is 15.7 Å². The van der Waals surface area contributed by atoms with E-state index in [9.17, 15) is 18.0 Å². The maximum absolute atomic E-state index is 12.7. The smallest absolute Gasteiger partial charge is 0.345 e. The number of anilines is 1. The van der Waals surface area contributed by atoms with E-state index in [-0.39, 0.29) is 17.8 Å². The summed E-state index contributed by atoms with van der Waals surface area (Å²) < 4.78 is 38.1. The Morgan fingerprint density at radius 3 is 2.71 bits per heavy atom. The molecule has 0 unspecified atom stereocenters. The van der Waals surface area contributed by atoms with Crippen LogP contribution in [0.15, 0.2) is 29.8 Å². The molecule has 0 fully saturated rings. The number of hydrazine groups is 1. The lowest BCUT2D eigenvalue weighted by molar-refractivity contribution is -0.137. The van der Waals surface area contributed by atoms with Crippen LogP contribution in [0, 0.1) is 0 Å². The van der Waals surface area contributed by atoms with E-state index in [0.717, 1.165) is 18.2 Å². The number of halogens is 3. The Hall–Kier alpha value is -2.13. The van der Waals surface area contributed by atoms with Crippen LogP contribution in [0.1, 0.15) is 20.9 Å². The number of rotatable bonds is 4. The van der Waals surface area contributed by atoms with Crippen molar-refractivity contribution in [2.75, 3.05) is 5.43 Å². The van der Waals surface area contributed by atoms with Crippen molar-refractivity contribution in [3.8, 4) is 0 Å². The number of hydrogen-bond acceptors (Lipinski definition) is 5. The molecule has 1 heterocycles. The summed E-state index contributed by atoms with van der Waals surface area (Å²) >= 11 is 1.33. The van der Waals surface area contributed by atoms with E-state index < -0.39 is 17.6 Å². The van der Waals surface area contributed by atoms with Crippen LogP contribution >= 0.6 is 11.3 Å². The zero-order valence-corrected chi connectivity index (χ0v) is 11.4. The molecule has 9 heteroatoms. The van der Waals surface area contributed by atoms with Gasteiger partial charge in [-0.05, 0) is 18.2 Å². The van der Waals surface area contributed by atoms with Crippen LogP contribution in [-0.4, -0.2) is 10.9 Å². The summed E-state index contributed by atoms with van der Waals surface area (Å²) in [5.41, 5.74) is 1.23. The number of thiazole rings is 1. The highest BCUT2D eigenvalue weighted by Crippen LogP contribution is 2.31. The number of alkyl halides is 3. The SMILES string of the molecule is NNc1ccc(C(F)(F)F)cc1C(=O)NCc1nccs1. The highest BCUT2D eigenvalue weighted by molar-refractivity contribution is 7.09. The molecule has 0 bridgehead atoms. The first kappa shape index (κ1) is 15.3. The summed E-state index contributed by atoms with van der Waals surface area (Å²) in [4.78, 5) is 16.0. The number of aromatic nitrogens is 1. The topological polar surface area (TPSA) is 80.0 Å². The van der Waals surface area contributed by atoms with Crippen molar-refractivity contribution in [3.05, 3.63) is 45.9 Å². The van der Waals surface area contributed by atoms with E-state index in [1.165, 1.54) is 11.3 Å². The van der Waals surface area contributed by atoms with Crippen LogP contribution in [0.3, 0.4) is 0 Å². The molecule has 1 aromatic carbocycles. The first-order valence-electron chi connectivity index (χ1n) is 5.76. The molecule has 0 saturated heterocycles. The second-order valence-electron chi connectivity index (χ2n) is 4.01. The third-order valence-corrected chi connectivity index (χ3v) is 3.41. The molecule has 112 valence electrons. The summed E-state index contributed by atoms with van der Waals surface area (Å²) in [5, 5.41) is 4.89. The lowest BCUT2D eigenvalue weighted by atomic mass is 10.1. The second-order valence-corrected chi connectivity index (χ2v) is 4.99. The van der Waals surface area contributed by atoms with Crippen molar-refractivity contribution in [3.63, 3.8) is 0 Å². The Morgan fingerprint density at radius 1 is 1.38 bits per heavy atom. The molecule has 1 amide bonds. The number of amides is 1. The third-order valence-electron chi connectivity index (χ3n) is 2.63. The monoisotopic (exact) mass is 316 g/mol. The van der Waals surface area contributed by atoms with Gasteiger partial charge in [-0.2, -0.15) is 13.2 Å². The molecule has 0 saturated carbocycles. The molecular formula is C12H11F3N4OS. The van der Waals surface area contributed by atoms with Crippen molar-refractivity contribution in [1.82, 2.24) is 10.3 Å². The van der Waals surface area contributed by atoms with Crippen LogP contribution in [-0.2, 0) is 12.7 Å². The molecule has 2 rings (SSSR count). The largest absolute Gasteiger partial charge is 0.416 e. The maximum Gasteiger partial charge on any atom is 0.416 e. The fourth-order valence-corrected chi connectivity index (χ4v) is 2.18. The van der Waals surface area contributed by atoms with E-state index in [4.69, 9.17) is 5.84 Å². The van der Waals surface area contributed by atoms with Crippen LogP contribution in [0.2, 0.25) is 0 Å². The minimum atomic E-state index is -4.53. The summed E-state index contributed by atoms with van der Waals surface area (Å²) in [6, 6.07) is 2.72. The van der Waals surface area contributed by atoms with Gasteiger partial charge in [-0.1, -0.05) is 0 Å². The van der Waals surface area contributed by atoms with Crippen LogP contribution in [0.4, 0.5) is 18.9 Å². The van der Waals surface area contributed by atoms with Crippen molar-refractivity contribution in [2.45, 2.75) is 12.7 Å². The van der Waals surface area contributed by atoms with Crippen molar-refractivity contribution < 1.29 is 18.0 Å². The van der Waals surface area contributed by atoms with Gasteiger partial charge in [0.1, 0.15) is 5.01 Å². The van der Waals surface area contributed by atoms with E-state index in [0.29, 0.717) is 5.01 Å². The van der Waals surface area contributed by atoms with Gasteiger partial charge in [0.25, 0.3) is 5.91 Å². The molecule has 1 aromatic heterocycles. The number of nitrogen functional groups attached to an aromatic ring is 1. The highest BCUT2D eigenvalue weighted by Gasteiger charge is 2.31. The fourth-order valence-electron chi connectivity index (χ4n) is 1.63. The number of carbonyl (C=O) groups excluding carboxylic acids is 1. The summed E-state index contributed by atoms with van der Waals surface area (Å²) in [7, 11) is 0. The van der Waals surface area contributed by atoms with Crippen LogP contribution in [0.25, 0.3) is 0 Å². The van der Waals surface area contributed by atoms with E-state index in [1.807, 2.05) is 0 Å². The lowest BCUT2D eigenvalue weighted by Crippen LogP contribution is -2.25. The van der Waals surface area contributed by atoms with Gasteiger partial charge in [0.2, 0.25) is 0 Å². The molecule has 2 aromatic rings. The van der Waals surface area contributed by atoms with Crippen molar-refractivity contribution in [2.24, 2.45) is 5.84 Å². The Morgan fingerprint density at radius 2 is 2.14 bits per heavy atom. The molecule has 0 aliphatic carbocycles. The number of carbonyl (C=O) groups is 1. The molecule has 0 atom stereocenters. The van der Waals surface area contributed by atoms with Gasteiger partial charge in [-0.15, -0.1) is 11.3 Å². The predicted molar refractivity (Wildman–Crippen MR) is 72.5 cm³/mol. The Bertz CT molecular complexity index is 628. The average molecular weight is 316 g/mol. The van der Waals surface area contributed by atoms with Crippen molar-refractivity contribution >= 4 is 22.9 Å². The Balaban J connectivity index is 2.21. The minimum Gasteiger partial charge on any atom is -0.345 e. The number of nitrogens with two attached hydrogens (primary N) is 1. The quantitative estimate of drug-likeness (QED) is 0.597. The fraction of sp³-hybridized carbons (Fsp3) is 0.167.